The summed E-state index contributed by atoms with van der Waals surface area (Å²) in [5, 5.41) is 15.3. The summed E-state index contributed by atoms with van der Waals surface area (Å²) in [6, 6.07) is -0.546. The van der Waals surface area contributed by atoms with Crippen LogP contribution in [0.25, 0.3) is 0 Å². The maximum absolute atomic E-state index is 12.1. The van der Waals surface area contributed by atoms with Crippen LogP contribution in [0.15, 0.2) is 0 Å². The molecule has 1 rings (SSSR count). The molecular formula is C23H42N2O6. The quantitative estimate of drug-likeness (QED) is 0.501. The third kappa shape index (κ3) is 11.3. The molecule has 0 radical (unpaired) electrons. The Morgan fingerprint density at radius 1 is 0.935 bits per heavy atom. The predicted molar refractivity (Wildman–Crippen MR) is 119 cm³/mol. The lowest BCUT2D eigenvalue weighted by Gasteiger charge is -2.35. The molecule has 3 N–H and O–H groups in total. The minimum Gasteiger partial charge on any atom is -0.481 e. The first-order chi connectivity index (χ1) is 14.2. The van der Waals surface area contributed by atoms with E-state index in [1.807, 2.05) is 20.8 Å². The molecule has 0 aliphatic heterocycles. The van der Waals surface area contributed by atoms with Crippen molar-refractivity contribution in [2.75, 3.05) is 6.54 Å². The molecule has 0 aromatic carbocycles. The molecule has 0 heterocycles. The number of aliphatic carboxylic acids is 1. The zero-order valence-electron chi connectivity index (χ0n) is 20.2. The molecule has 8 nitrogen and oxygen atoms in total. The molecule has 31 heavy (non-hydrogen) atoms. The van der Waals surface area contributed by atoms with Crippen LogP contribution >= 0.6 is 0 Å². The van der Waals surface area contributed by atoms with Crippen LogP contribution in [0, 0.1) is 17.8 Å². The number of carboxylic acids is 1. The molecule has 8 heteroatoms. The lowest BCUT2D eigenvalue weighted by Crippen LogP contribution is -2.45. The van der Waals surface area contributed by atoms with Crippen molar-refractivity contribution in [2.24, 2.45) is 17.8 Å². The van der Waals surface area contributed by atoms with Crippen molar-refractivity contribution in [1.82, 2.24) is 10.6 Å². The standard InChI is InChI=1S/C23H42N2O6/c1-15(25-21(29)31-23(5,6)7)18(19(26)27)14-17-11-9-8-10-16(17)12-13-24-20(28)30-22(2,3)4/h15-18H,8-14H2,1-7H3,(H,24,28)(H,25,29)(H,26,27). The Bertz CT molecular complexity index is 608. The summed E-state index contributed by atoms with van der Waals surface area (Å²) in [6.07, 6.45) is 4.39. The van der Waals surface area contributed by atoms with E-state index in [0.29, 0.717) is 18.9 Å². The number of rotatable bonds is 8. The Morgan fingerprint density at radius 3 is 1.97 bits per heavy atom. The number of alkyl carbamates (subject to hydrolysis) is 2. The maximum Gasteiger partial charge on any atom is 0.407 e. The molecule has 0 aromatic rings. The van der Waals surface area contributed by atoms with Gasteiger partial charge in [0, 0.05) is 12.6 Å². The van der Waals surface area contributed by atoms with E-state index in [0.717, 1.165) is 32.1 Å². The van der Waals surface area contributed by atoms with Crippen molar-refractivity contribution in [1.29, 1.82) is 0 Å². The molecule has 2 amide bonds. The van der Waals surface area contributed by atoms with Gasteiger partial charge in [-0.1, -0.05) is 25.7 Å². The first kappa shape index (κ1) is 27.0. The highest BCUT2D eigenvalue weighted by Gasteiger charge is 2.34. The van der Waals surface area contributed by atoms with Crippen LogP contribution in [-0.4, -0.2) is 47.1 Å². The Hall–Kier alpha value is -1.99. The highest BCUT2D eigenvalue weighted by molar-refractivity contribution is 5.73. The van der Waals surface area contributed by atoms with Crippen molar-refractivity contribution in [3.05, 3.63) is 0 Å². The van der Waals surface area contributed by atoms with Crippen molar-refractivity contribution < 1.29 is 29.0 Å². The minimum absolute atomic E-state index is 0.234. The summed E-state index contributed by atoms with van der Waals surface area (Å²) in [6.45, 7) is 13.0. The van der Waals surface area contributed by atoms with Gasteiger partial charge in [-0.15, -0.1) is 0 Å². The number of hydrogen-bond donors (Lipinski definition) is 3. The molecule has 1 aliphatic carbocycles. The molecule has 1 fully saturated rings. The van der Waals surface area contributed by atoms with Crippen molar-refractivity contribution >= 4 is 18.2 Å². The van der Waals surface area contributed by atoms with Gasteiger partial charge < -0.3 is 25.2 Å². The zero-order valence-corrected chi connectivity index (χ0v) is 20.2. The van der Waals surface area contributed by atoms with E-state index < -0.39 is 41.3 Å². The molecule has 0 aromatic heterocycles. The lowest BCUT2D eigenvalue weighted by atomic mass is 9.72. The molecule has 4 atom stereocenters. The molecule has 1 saturated carbocycles. The van der Waals surface area contributed by atoms with Gasteiger partial charge in [-0.05, 0) is 73.1 Å². The van der Waals surface area contributed by atoms with E-state index in [1.165, 1.54) is 0 Å². The van der Waals surface area contributed by atoms with Crippen molar-refractivity contribution in [2.45, 2.75) is 104 Å². The van der Waals surface area contributed by atoms with Gasteiger partial charge in [-0.25, -0.2) is 9.59 Å². The van der Waals surface area contributed by atoms with E-state index in [9.17, 15) is 19.5 Å². The summed E-state index contributed by atoms with van der Waals surface area (Å²) >= 11 is 0. The molecule has 0 bridgehead atoms. The normalized spacial score (nSPS) is 21.5. The van der Waals surface area contributed by atoms with Gasteiger partial charge in [0.2, 0.25) is 0 Å². The Kier molecular flexibility index (Phi) is 10.1. The zero-order chi connectivity index (χ0) is 23.8. The van der Waals surface area contributed by atoms with Gasteiger partial charge in [-0.3, -0.25) is 4.79 Å². The Labute approximate surface area is 186 Å². The van der Waals surface area contributed by atoms with Crippen molar-refractivity contribution in [3.63, 3.8) is 0 Å². The summed E-state index contributed by atoms with van der Waals surface area (Å²) < 4.78 is 10.5. The van der Waals surface area contributed by atoms with Crippen molar-refractivity contribution in [3.8, 4) is 0 Å². The number of carbonyl (C=O) groups is 3. The predicted octanol–water partition coefficient (Wildman–Crippen LogP) is 4.71. The van der Waals surface area contributed by atoms with Gasteiger partial charge in [-0.2, -0.15) is 0 Å². The van der Waals surface area contributed by atoms with Crippen LogP contribution in [0.2, 0.25) is 0 Å². The van der Waals surface area contributed by atoms with E-state index in [4.69, 9.17) is 9.47 Å². The van der Waals surface area contributed by atoms with Gasteiger partial charge in [0.1, 0.15) is 11.2 Å². The molecule has 4 unspecified atom stereocenters. The molecule has 1 aliphatic rings. The van der Waals surface area contributed by atoms with Crippen LogP contribution in [0.3, 0.4) is 0 Å². The molecule has 0 spiro atoms. The van der Waals surface area contributed by atoms with E-state index in [1.54, 1.807) is 27.7 Å². The summed E-state index contributed by atoms with van der Waals surface area (Å²) in [5.74, 6) is -1.05. The van der Waals surface area contributed by atoms with E-state index in [2.05, 4.69) is 10.6 Å². The highest BCUT2D eigenvalue weighted by atomic mass is 16.6. The summed E-state index contributed by atoms with van der Waals surface area (Å²) in [4.78, 5) is 35.9. The molecule has 0 saturated heterocycles. The van der Waals surface area contributed by atoms with Crippen LogP contribution in [-0.2, 0) is 14.3 Å². The van der Waals surface area contributed by atoms with Crippen LogP contribution in [0.4, 0.5) is 9.59 Å². The largest absolute Gasteiger partial charge is 0.481 e. The maximum atomic E-state index is 12.1. The first-order valence-electron chi connectivity index (χ1n) is 11.4. The first-order valence-corrected chi connectivity index (χ1v) is 11.4. The monoisotopic (exact) mass is 442 g/mol. The van der Waals surface area contributed by atoms with Gasteiger partial charge in [0.25, 0.3) is 0 Å². The topological polar surface area (TPSA) is 114 Å². The number of nitrogens with one attached hydrogen (secondary N) is 2. The van der Waals surface area contributed by atoms with E-state index >= 15 is 0 Å². The SMILES string of the molecule is CC(NC(=O)OC(C)(C)C)C(CC1CCCCC1CCNC(=O)OC(C)(C)C)C(=O)O. The third-order valence-corrected chi connectivity index (χ3v) is 5.47. The summed E-state index contributed by atoms with van der Waals surface area (Å²) in [7, 11) is 0. The fourth-order valence-corrected chi connectivity index (χ4v) is 4.09. The highest BCUT2D eigenvalue weighted by Crippen LogP contribution is 2.37. The average Bonchev–Trinajstić information content (AvgIpc) is 2.56. The third-order valence-electron chi connectivity index (χ3n) is 5.47. The average molecular weight is 443 g/mol. The minimum atomic E-state index is -0.917. The fourth-order valence-electron chi connectivity index (χ4n) is 4.09. The fraction of sp³-hybridized carbons (Fsp3) is 0.870. The van der Waals surface area contributed by atoms with E-state index in [-0.39, 0.29) is 5.92 Å². The number of carboxylic acid groups (broad SMARTS) is 1. The van der Waals surface area contributed by atoms with Gasteiger partial charge in [0.15, 0.2) is 0 Å². The smallest absolute Gasteiger partial charge is 0.407 e. The van der Waals surface area contributed by atoms with Crippen LogP contribution in [0.5, 0.6) is 0 Å². The second-order valence-electron chi connectivity index (χ2n) is 10.6. The Balaban J connectivity index is 2.65. The van der Waals surface area contributed by atoms with Crippen LogP contribution in [0.1, 0.15) is 87.0 Å². The second kappa shape index (κ2) is 11.6. The van der Waals surface area contributed by atoms with Gasteiger partial charge in [0.05, 0.1) is 5.92 Å². The number of carbonyl (C=O) groups excluding carboxylic acids is 2. The summed E-state index contributed by atoms with van der Waals surface area (Å²) in [5.41, 5.74) is -1.18. The molecular weight excluding hydrogens is 400 g/mol. The second-order valence-corrected chi connectivity index (χ2v) is 10.6. The van der Waals surface area contributed by atoms with Gasteiger partial charge >= 0.3 is 18.2 Å². The molecule has 180 valence electrons. The number of amides is 2. The van der Waals surface area contributed by atoms with Crippen LogP contribution < -0.4 is 10.6 Å². The number of hydrogen-bond acceptors (Lipinski definition) is 5. The Morgan fingerprint density at radius 2 is 1.45 bits per heavy atom. The number of ether oxygens (including phenoxy) is 2. The lowest BCUT2D eigenvalue weighted by molar-refractivity contribution is -0.143.